The van der Waals surface area contributed by atoms with Crippen molar-refractivity contribution in [3.05, 3.63) is 41.7 Å². The Kier molecular flexibility index (Phi) is 4.15. The smallest absolute Gasteiger partial charge is 0.163 e. The monoisotopic (exact) mass is 283 g/mol. The molecule has 2 aromatic rings. The third-order valence-corrected chi connectivity index (χ3v) is 4.01. The number of nitrogens with two attached hydrogens (primary N) is 1. The van der Waals surface area contributed by atoms with Gasteiger partial charge in [0, 0.05) is 11.9 Å². The second-order valence-corrected chi connectivity index (χ2v) is 5.44. The molecule has 0 saturated carbocycles. The van der Waals surface area contributed by atoms with Crippen LogP contribution in [0.25, 0.3) is 11.4 Å². The zero-order valence-corrected chi connectivity index (χ0v) is 12.4. The summed E-state index contributed by atoms with van der Waals surface area (Å²) in [5.74, 6) is 2.17. The van der Waals surface area contributed by atoms with E-state index in [0.29, 0.717) is 12.5 Å². The van der Waals surface area contributed by atoms with Crippen molar-refractivity contribution < 1.29 is 4.74 Å². The van der Waals surface area contributed by atoms with Gasteiger partial charge in [-0.2, -0.15) is 0 Å². The summed E-state index contributed by atoms with van der Waals surface area (Å²) in [6.07, 6.45) is 5.07. The van der Waals surface area contributed by atoms with Crippen LogP contribution in [0.2, 0.25) is 0 Å². The number of ether oxygens (including phenoxy) is 1. The molecule has 0 bridgehead atoms. The molecule has 0 fully saturated rings. The molecule has 0 radical (unpaired) electrons. The summed E-state index contributed by atoms with van der Waals surface area (Å²) >= 11 is 0. The van der Waals surface area contributed by atoms with E-state index in [1.807, 2.05) is 37.4 Å². The molecule has 0 aliphatic heterocycles. The second-order valence-electron chi connectivity index (χ2n) is 5.44. The molecule has 3 rings (SSSR count). The van der Waals surface area contributed by atoms with Gasteiger partial charge in [-0.25, -0.2) is 9.97 Å². The number of para-hydroxylation sites is 1. The van der Waals surface area contributed by atoms with Crippen molar-refractivity contribution in [3.63, 3.8) is 0 Å². The normalized spacial score (nSPS) is 17.3. The molecule has 0 saturated heterocycles. The van der Waals surface area contributed by atoms with E-state index >= 15 is 0 Å². The number of rotatable bonds is 4. The molecular weight excluding hydrogens is 262 g/mol. The first-order valence-corrected chi connectivity index (χ1v) is 7.59. The topological polar surface area (TPSA) is 61.0 Å². The predicted molar refractivity (Wildman–Crippen MR) is 83.2 cm³/mol. The Balaban J connectivity index is 1.94. The van der Waals surface area contributed by atoms with E-state index in [9.17, 15) is 0 Å². The average Bonchev–Trinajstić information content (AvgIpc) is 2.55. The lowest BCUT2D eigenvalue weighted by atomic mass is 9.87. The Hall–Kier alpha value is -1.94. The second kappa shape index (κ2) is 6.22. The van der Waals surface area contributed by atoms with E-state index in [2.05, 4.69) is 4.98 Å². The molecule has 1 aliphatic carbocycles. The van der Waals surface area contributed by atoms with Gasteiger partial charge in [-0.3, -0.25) is 0 Å². The van der Waals surface area contributed by atoms with Gasteiger partial charge in [0.1, 0.15) is 5.75 Å². The van der Waals surface area contributed by atoms with Crippen LogP contribution in [0.4, 0.5) is 0 Å². The number of fused-ring (bicyclic) bond motifs is 1. The number of nitrogens with zero attached hydrogens (tertiary/aromatic N) is 2. The fourth-order valence-electron chi connectivity index (χ4n) is 2.85. The highest BCUT2D eigenvalue weighted by Gasteiger charge is 2.20. The van der Waals surface area contributed by atoms with Crippen LogP contribution >= 0.6 is 0 Å². The Labute approximate surface area is 125 Å². The Morgan fingerprint density at radius 1 is 1.33 bits per heavy atom. The fourth-order valence-corrected chi connectivity index (χ4v) is 2.85. The zero-order valence-electron chi connectivity index (χ0n) is 12.4. The molecule has 2 N–H and O–H groups in total. The van der Waals surface area contributed by atoms with Crippen LogP contribution in [-0.2, 0) is 12.8 Å². The summed E-state index contributed by atoms with van der Waals surface area (Å²) in [7, 11) is 0. The van der Waals surface area contributed by atoms with Crippen LogP contribution in [0.5, 0.6) is 5.75 Å². The van der Waals surface area contributed by atoms with Crippen LogP contribution in [0.3, 0.4) is 0 Å². The molecule has 1 aromatic heterocycles. The first-order chi connectivity index (χ1) is 10.3. The van der Waals surface area contributed by atoms with Crippen LogP contribution < -0.4 is 10.5 Å². The molecule has 1 aromatic carbocycles. The van der Waals surface area contributed by atoms with E-state index in [0.717, 1.165) is 48.6 Å². The SMILES string of the molecule is CCOc1ccccc1-c1ncc2c(n1)CCC(CN)C2. The summed E-state index contributed by atoms with van der Waals surface area (Å²) < 4.78 is 5.67. The van der Waals surface area contributed by atoms with Gasteiger partial charge in [0.05, 0.1) is 12.2 Å². The van der Waals surface area contributed by atoms with Crippen molar-refractivity contribution in [2.24, 2.45) is 11.7 Å². The maximum atomic E-state index is 5.78. The van der Waals surface area contributed by atoms with Crippen LogP contribution in [0, 0.1) is 5.92 Å². The lowest BCUT2D eigenvalue weighted by Crippen LogP contribution is -2.23. The van der Waals surface area contributed by atoms with Crippen molar-refractivity contribution in [1.82, 2.24) is 9.97 Å². The Bertz CT molecular complexity index is 627. The van der Waals surface area contributed by atoms with Gasteiger partial charge in [0.2, 0.25) is 0 Å². The quantitative estimate of drug-likeness (QED) is 0.937. The highest BCUT2D eigenvalue weighted by molar-refractivity contribution is 5.64. The predicted octanol–water partition coefficient (Wildman–Crippen LogP) is 2.61. The Morgan fingerprint density at radius 3 is 3.00 bits per heavy atom. The van der Waals surface area contributed by atoms with E-state index in [1.165, 1.54) is 5.56 Å². The van der Waals surface area contributed by atoms with Crippen molar-refractivity contribution in [2.45, 2.75) is 26.2 Å². The molecule has 1 atom stereocenters. The molecule has 110 valence electrons. The largest absolute Gasteiger partial charge is 0.493 e. The molecule has 1 heterocycles. The number of aromatic nitrogens is 2. The average molecular weight is 283 g/mol. The number of hydrogen-bond donors (Lipinski definition) is 1. The van der Waals surface area contributed by atoms with Crippen LogP contribution in [0.15, 0.2) is 30.5 Å². The van der Waals surface area contributed by atoms with E-state index in [-0.39, 0.29) is 0 Å². The maximum Gasteiger partial charge on any atom is 0.163 e. The van der Waals surface area contributed by atoms with Crippen molar-refractivity contribution in [3.8, 4) is 17.1 Å². The molecule has 0 spiro atoms. The molecule has 21 heavy (non-hydrogen) atoms. The van der Waals surface area contributed by atoms with Crippen LogP contribution in [-0.4, -0.2) is 23.1 Å². The summed E-state index contributed by atoms with van der Waals surface area (Å²) in [6.45, 7) is 3.37. The lowest BCUT2D eigenvalue weighted by Gasteiger charge is -2.22. The van der Waals surface area contributed by atoms with E-state index in [1.54, 1.807) is 0 Å². The summed E-state index contributed by atoms with van der Waals surface area (Å²) in [5, 5.41) is 0. The number of aryl methyl sites for hydroxylation is 1. The van der Waals surface area contributed by atoms with Crippen molar-refractivity contribution in [1.29, 1.82) is 0 Å². The minimum absolute atomic E-state index is 0.572. The van der Waals surface area contributed by atoms with Gasteiger partial charge in [-0.1, -0.05) is 12.1 Å². The third-order valence-electron chi connectivity index (χ3n) is 4.01. The standard InChI is InChI=1S/C17H21N3O/c1-2-21-16-6-4-3-5-14(16)17-19-11-13-9-12(10-18)7-8-15(13)20-17/h3-6,11-12H,2,7-10,18H2,1H3. The van der Waals surface area contributed by atoms with Crippen molar-refractivity contribution >= 4 is 0 Å². The molecule has 1 aliphatic rings. The van der Waals surface area contributed by atoms with Gasteiger partial charge in [-0.15, -0.1) is 0 Å². The number of benzene rings is 1. The van der Waals surface area contributed by atoms with Crippen molar-refractivity contribution in [2.75, 3.05) is 13.2 Å². The molecule has 4 nitrogen and oxygen atoms in total. The summed E-state index contributed by atoms with van der Waals surface area (Å²) in [4.78, 5) is 9.31. The van der Waals surface area contributed by atoms with Gasteiger partial charge in [-0.05, 0) is 56.3 Å². The number of hydrogen-bond acceptors (Lipinski definition) is 4. The van der Waals surface area contributed by atoms with Gasteiger partial charge < -0.3 is 10.5 Å². The molecule has 0 amide bonds. The molecule has 4 heteroatoms. The minimum atomic E-state index is 0.572. The van der Waals surface area contributed by atoms with Gasteiger partial charge in [0.25, 0.3) is 0 Å². The zero-order chi connectivity index (χ0) is 14.7. The van der Waals surface area contributed by atoms with Crippen LogP contribution in [0.1, 0.15) is 24.6 Å². The maximum absolute atomic E-state index is 5.78. The molecular formula is C17H21N3O. The highest BCUT2D eigenvalue weighted by Crippen LogP contribution is 2.30. The first-order valence-electron chi connectivity index (χ1n) is 7.59. The van der Waals surface area contributed by atoms with Gasteiger partial charge >= 0.3 is 0 Å². The minimum Gasteiger partial charge on any atom is -0.493 e. The van der Waals surface area contributed by atoms with E-state index in [4.69, 9.17) is 15.5 Å². The lowest BCUT2D eigenvalue weighted by molar-refractivity contribution is 0.341. The summed E-state index contributed by atoms with van der Waals surface area (Å²) in [6, 6.07) is 7.94. The van der Waals surface area contributed by atoms with Gasteiger partial charge in [0.15, 0.2) is 5.82 Å². The third kappa shape index (κ3) is 2.90. The highest BCUT2D eigenvalue weighted by atomic mass is 16.5. The fraction of sp³-hybridized carbons (Fsp3) is 0.412. The summed E-state index contributed by atoms with van der Waals surface area (Å²) in [5.41, 5.74) is 9.15. The Morgan fingerprint density at radius 2 is 2.19 bits per heavy atom. The van der Waals surface area contributed by atoms with E-state index < -0.39 is 0 Å². The first kappa shape index (κ1) is 14.0. The molecule has 1 unspecified atom stereocenters.